The van der Waals surface area contributed by atoms with E-state index in [-0.39, 0.29) is 18.0 Å². The summed E-state index contributed by atoms with van der Waals surface area (Å²) in [7, 11) is 1.59. The molecule has 0 unspecified atom stereocenters. The average Bonchev–Trinajstić information content (AvgIpc) is 3.10. The standard InChI is InChI=1S/C28H26O5/c1-17(2)21-9-5-19(6-10-21)14-25-28(30)27-18(3)13-23(16-24(27)33-25)32-26(29)15-20-7-11-22(31-4)12-8-20/h5-14,16-17H,15H2,1-4H3/b25-14-. The summed E-state index contributed by atoms with van der Waals surface area (Å²) in [6.45, 7) is 6.08. The highest BCUT2D eigenvalue weighted by Crippen LogP contribution is 2.37. The van der Waals surface area contributed by atoms with E-state index < -0.39 is 5.97 Å². The number of carbonyl (C=O) groups is 2. The molecule has 0 fully saturated rings. The quantitative estimate of drug-likeness (QED) is 0.271. The van der Waals surface area contributed by atoms with Crippen LogP contribution in [0.4, 0.5) is 0 Å². The maximum absolute atomic E-state index is 12.9. The summed E-state index contributed by atoms with van der Waals surface area (Å²) < 4.78 is 16.5. The predicted molar refractivity (Wildman–Crippen MR) is 127 cm³/mol. The van der Waals surface area contributed by atoms with E-state index in [1.165, 1.54) is 5.56 Å². The van der Waals surface area contributed by atoms with Crippen LogP contribution in [-0.4, -0.2) is 18.9 Å². The second-order valence-corrected chi connectivity index (χ2v) is 8.37. The molecule has 5 nitrogen and oxygen atoms in total. The van der Waals surface area contributed by atoms with Crippen molar-refractivity contribution < 1.29 is 23.8 Å². The van der Waals surface area contributed by atoms with Gasteiger partial charge in [0.15, 0.2) is 5.76 Å². The van der Waals surface area contributed by atoms with Gasteiger partial charge in [0.1, 0.15) is 17.2 Å². The molecule has 0 saturated heterocycles. The smallest absolute Gasteiger partial charge is 0.315 e. The molecule has 4 rings (SSSR count). The van der Waals surface area contributed by atoms with Gasteiger partial charge in [0.25, 0.3) is 0 Å². The predicted octanol–water partition coefficient (Wildman–Crippen LogP) is 5.89. The van der Waals surface area contributed by atoms with Crippen LogP contribution < -0.4 is 14.2 Å². The Morgan fingerprint density at radius 2 is 1.70 bits per heavy atom. The van der Waals surface area contributed by atoms with Crippen LogP contribution in [0.25, 0.3) is 6.08 Å². The SMILES string of the molecule is COc1ccc(CC(=O)Oc2cc(C)c3c(c2)O/C(=C\c2ccc(C(C)C)cc2)C3=O)cc1. The summed E-state index contributed by atoms with van der Waals surface area (Å²) in [5, 5.41) is 0. The van der Waals surface area contributed by atoms with Gasteiger partial charge < -0.3 is 14.2 Å². The van der Waals surface area contributed by atoms with E-state index in [0.29, 0.717) is 28.5 Å². The van der Waals surface area contributed by atoms with Crippen molar-refractivity contribution in [2.75, 3.05) is 7.11 Å². The summed E-state index contributed by atoms with van der Waals surface area (Å²) in [6.07, 6.45) is 1.86. The van der Waals surface area contributed by atoms with Crippen LogP contribution in [-0.2, 0) is 11.2 Å². The molecule has 3 aromatic carbocycles. The Morgan fingerprint density at radius 3 is 2.33 bits per heavy atom. The van der Waals surface area contributed by atoms with E-state index in [2.05, 4.69) is 26.0 Å². The molecule has 5 heteroatoms. The molecule has 1 aliphatic heterocycles. The zero-order valence-electron chi connectivity index (χ0n) is 19.2. The summed E-state index contributed by atoms with van der Waals surface area (Å²) in [6, 6.07) is 18.6. The number of benzene rings is 3. The summed E-state index contributed by atoms with van der Waals surface area (Å²) in [5.74, 6) is 1.60. The van der Waals surface area contributed by atoms with Gasteiger partial charge in [0.05, 0.1) is 19.1 Å². The molecule has 1 heterocycles. The van der Waals surface area contributed by atoms with Crippen molar-refractivity contribution in [1.82, 2.24) is 0 Å². The Morgan fingerprint density at radius 1 is 1.00 bits per heavy atom. The molecule has 33 heavy (non-hydrogen) atoms. The van der Waals surface area contributed by atoms with Crippen LogP contribution >= 0.6 is 0 Å². The van der Waals surface area contributed by atoms with Crippen LogP contribution in [0, 0.1) is 6.92 Å². The number of Topliss-reactive ketones (excluding diaryl/α,β-unsaturated/α-hetero) is 1. The number of carbonyl (C=O) groups excluding carboxylic acids is 2. The minimum absolute atomic E-state index is 0.122. The van der Waals surface area contributed by atoms with E-state index in [1.54, 1.807) is 44.4 Å². The van der Waals surface area contributed by atoms with Crippen molar-refractivity contribution in [2.45, 2.75) is 33.1 Å². The first kappa shape index (κ1) is 22.3. The largest absolute Gasteiger partial charge is 0.497 e. The number of methoxy groups -OCH3 is 1. The van der Waals surface area contributed by atoms with Crippen molar-refractivity contribution in [3.63, 3.8) is 0 Å². The van der Waals surface area contributed by atoms with Gasteiger partial charge in [0.2, 0.25) is 5.78 Å². The average molecular weight is 443 g/mol. The Labute approximate surface area is 193 Å². The molecule has 0 aliphatic carbocycles. The highest BCUT2D eigenvalue weighted by molar-refractivity contribution is 6.15. The third-order valence-electron chi connectivity index (χ3n) is 5.58. The fourth-order valence-corrected chi connectivity index (χ4v) is 3.74. The van der Waals surface area contributed by atoms with E-state index >= 15 is 0 Å². The van der Waals surface area contributed by atoms with Crippen LogP contribution in [0.15, 0.2) is 66.4 Å². The van der Waals surface area contributed by atoms with Crippen LogP contribution in [0.5, 0.6) is 17.2 Å². The molecule has 0 amide bonds. The van der Waals surface area contributed by atoms with Gasteiger partial charge >= 0.3 is 5.97 Å². The van der Waals surface area contributed by atoms with Gasteiger partial charge in [-0.15, -0.1) is 0 Å². The van der Waals surface area contributed by atoms with E-state index in [4.69, 9.17) is 14.2 Å². The maximum atomic E-state index is 12.9. The van der Waals surface area contributed by atoms with Gasteiger partial charge in [-0.25, -0.2) is 0 Å². The molecular formula is C28H26O5. The number of fused-ring (bicyclic) bond motifs is 1. The lowest BCUT2D eigenvalue weighted by Crippen LogP contribution is -2.11. The summed E-state index contributed by atoms with van der Waals surface area (Å²) >= 11 is 0. The molecule has 0 atom stereocenters. The second kappa shape index (κ2) is 9.33. The molecule has 3 aromatic rings. The minimum atomic E-state index is -0.398. The summed E-state index contributed by atoms with van der Waals surface area (Å²) in [4.78, 5) is 25.3. The van der Waals surface area contributed by atoms with Gasteiger partial charge in [-0.1, -0.05) is 50.2 Å². The topological polar surface area (TPSA) is 61.8 Å². The molecular weight excluding hydrogens is 416 g/mol. The number of hydrogen-bond acceptors (Lipinski definition) is 5. The first-order valence-electron chi connectivity index (χ1n) is 10.9. The minimum Gasteiger partial charge on any atom is -0.497 e. The van der Waals surface area contributed by atoms with Gasteiger partial charge in [-0.05, 0) is 59.4 Å². The monoisotopic (exact) mass is 442 g/mol. The molecule has 0 aromatic heterocycles. The Hall–Kier alpha value is -3.86. The maximum Gasteiger partial charge on any atom is 0.315 e. The van der Waals surface area contributed by atoms with Crippen molar-refractivity contribution in [3.8, 4) is 17.2 Å². The summed E-state index contributed by atoms with van der Waals surface area (Å²) in [5.41, 5.74) is 4.13. The lowest BCUT2D eigenvalue weighted by atomic mass is 10.0. The van der Waals surface area contributed by atoms with Crippen LogP contribution in [0.2, 0.25) is 0 Å². The number of ketones is 1. The Bertz CT molecular complexity index is 1220. The lowest BCUT2D eigenvalue weighted by molar-refractivity contribution is -0.133. The van der Waals surface area contributed by atoms with Gasteiger partial charge in [0, 0.05) is 6.07 Å². The number of esters is 1. The molecule has 0 radical (unpaired) electrons. The molecule has 0 bridgehead atoms. The normalized spacial score (nSPS) is 13.7. The third kappa shape index (κ3) is 4.98. The van der Waals surface area contributed by atoms with E-state index in [0.717, 1.165) is 16.9 Å². The zero-order chi connectivity index (χ0) is 23.5. The molecule has 168 valence electrons. The van der Waals surface area contributed by atoms with E-state index in [9.17, 15) is 9.59 Å². The number of aryl methyl sites for hydroxylation is 1. The first-order chi connectivity index (χ1) is 15.8. The van der Waals surface area contributed by atoms with Crippen molar-refractivity contribution >= 4 is 17.8 Å². The number of rotatable bonds is 6. The molecule has 0 saturated carbocycles. The molecule has 1 aliphatic rings. The fraction of sp³-hybridized carbons (Fsp3) is 0.214. The lowest BCUT2D eigenvalue weighted by Gasteiger charge is -2.08. The fourth-order valence-electron chi connectivity index (χ4n) is 3.74. The number of hydrogen-bond donors (Lipinski definition) is 0. The highest BCUT2D eigenvalue weighted by Gasteiger charge is 2.30. The van der Waals surface area contributed by atoms with Crippen molar-refractivity contribution in [2.24, 2.45) is 0 Å². The third-order valence-corrected chi connectivity index (χ3v) is 5.58. The van der Waals surface area contributed by atoms with Gasteiger partial charge in [-0.2, -0.15) is 0 Å². The molecule has 0 N–H and O–H groups in total. The van der Waals surface area contributed by atoms with Gasteiger partial charge in [-0.3, -0.25) is 9.59 Å². The van der Waals surface area contributed by atoms with Crippen LogP contribution in [0.1, 0.15) is 52.4 Å². The van der Waals surface area contributed by atoms with Crippen molar-refractivity contribution in [3.05, 3.63) is 94.2 Å². The number of ether oxygens (including phenoxy) is 3. The first-order valence-corrected chi connectivity index (χ1v) is 10.9. The highest BCUT2D eigenvalue weighted by atomic mass is 16.5. The van der Waals surface area contributed by atoms with E-state index in [1.807, 2.05) is 24.3 Å². The number of allylic oxidation sites excluding steroid dienone is 1. The Balaban J connectivity index is 1.49. The van der Waals surface area contributed by atoms with Crippen molar-refractivity contribution in [1.29, 1.82) is 0 Å². The van der Waals surface area contributed by atoms with Crippen LogP contribution in [0.3, 0.4) is 0 Å². The zero-order valence-corrected chi connectivity index (χ0v) is 19.2. The molecule has 0 spiro atoms. The Kier molecular flexibility index (Phi) is 6.31. The second-order valence-electron chi connectivity index (χ2n) is 8.37.